The molecule has 7 heteroatoms. The van der Waals surface area contributed by atoms with Gasteiger partial charge in [-0.05, 0) is 13.0 Å². The van der Waals surface area contributed by atoms with Crippen LogP contribution in [0.4, 0.5) is 4.39 Å². The first-order chi connectivity index (χ1) is 11.4. The Morgan fingerprint density at radius 2 is 2.00 bits per heavy atom. The van der Waals surface area contributed by atoms with E-state index in [9.17, 15) is 18.8 Å². The van der Waals surface area contributed by atoms with Gasteiger partial charge in [0.1, 0.15) is 18.8 Å². The summed E-state index contributed by atoms with van der Waals surface area (Å²) in [6, 6.07) is 6.03. The van der Waals surface area contributed by atoms with Crippen molar-refractivity contribution < 1.29 is 23.9 Å². The lowest BCUT2D eigenvalue weighted by Crippen LogP contribution is -2.42. The Morgan fingerprint density at radius 3 is 2.67 bits per heavy atom. The molecule has 1 saturated heterocycles. The summed E-state index contributed by atoms with van der Waals surface area (Å²) in [4.78, 5) is 36.5. The van der Waals surface area contributed by atoms with Crippen molar-refractivity contribution in [2.75, 3.05) is 6.54 Å². The summed E-state index contributed by atoms with van der Waals surface area (Å²) in [6.45, 7) is 1.10. The minimum absolute atomic E-state index is 0.120. The van der Waals surface area contributed by atoms with E-state index in [2.05, 4.69) is 0 Å². The first-order valence-corrected chi connectivity index (χ1v) is 7.63. The van der Waals surface area contributed by atoms with Gasteiger partial charge < -0.3 is 14.6 Å². The molecule has 6 nitrogen and oxygen atoms in total. The van der Waals surface area contributed by atoms with Gasteiger partial charge in [-0.2, -0.15) is 0 Å². The summed E-state index contributed by atoms with van der Waals surface area (Å²) in [5.41, 5.74) is 1.21. The molecule has 1 aromatic carbocycles. The van der Waals surface area contributed by atoms with Crippen LogP contribution in [0, 0.1) is 0 Å². The van der Waals surface area contributed by atoms with E-state index >= 15 is 0 Å². The molecule has 2 atom stereocenters. The minimum Gasteiger partial charge on any atom is -0.480 e. The molecule has 0 spiro atoms. The Kier molecular flexibility index (Phi) is 4.09. The summed E-state index contributed by atoms with van der Waals surface area (Å²) >= 11 is 0. The number of ketones is 1. The molecular formula is C17H17FN2O4. The van der Waals surface area contributed by atoms with E-state index < -0.39 is 24.1 Å². The third-order valence-electron chi connectivity index (χ3n) is 4.33. The van der Waals surface area contributed by atoms with Gasteiger partial charge in [-0.3, -0.25) is 9.59 Å². The number of hydrogen-bond donors (Lipinski definition) is 1. The fourth-order valence-corrected chi connectivity index (χ4v) is 3.19. The molecule has 3 rings (SSSR count). The molecule has 1 N–H and O–H groups in total. The molecule has 0 saturated carbocycles. The second-order valence-electron chi connectivity index (χ2n) is 5.98. The van der Waals surface area contributed by atoms with Crippen LogP contribution >= 0.6 is 0 Å². The summed E-state index contributed by atoms with van der Waals surface area (Å²) in [5.74, 6) is -1.80. The smallest absolute Gasteiger partial charge is 0.326 e. The molecule has 0 radical (unpaired) electrons. The monoisotopic (exact) mass is 332 g/mol. The van der Waals surface area contributed by atoms with Gasteiger partial charge in [0.15, 0.2) is 5.78 Å². The quantitative estimate of drug-likeness (QED) is 0.867. The maximum Gasteiger partial charge on any atom is 0.326 e. The second-order valence-corrected chi connectivity index (χ2v) is 5.98. The Morgan fingerprint density at radius 1 is 1.29 bits per heavy atom. The average Bonchev–Trinajstić information content (AvgIpc) is 3.09. The van der Waals surface area contributed by atoms with Gasteiger partial charge in [-0.1, -0.05) is 18.2 Å². The molecule has 1 aromatic heterocycles. The Hall–Kier alpha value is -2.70. The van der Waals surface area contributed by atoms with Gasteiger partial charge in [-0.15, -0.1) is 0 Å². The number of likely N-dealkylation sites (tertiary alicyclic amines) is 1. The second kappa shape index (κ2) is 6.07. The highest BCUT2D eigenvalue weighted by Gasteiger charge is 2.39. The lowest BCUT2D eigenvalue weighted by atomic mass is 10.1. The van der Waals surface area contributed by atoms with Crippen LogP contribution in [-0.4, -0.2) is 51.0 Å². The zero-order chi connectivity index (χ0) is 17.4. The number of carbonyl (C=O) groups excluding carboxylic acids is 2. The van der Waals surface area contributed by atoms with Gasteiger partial charge >= 0.3 is 5.97 Å². The first kappa shape index (κ1) is 16.2. The highest BCUT2D eigenvalue weighted by molar-refractivity contribution is 6.07. The summed E-state index contributed by atoms with van der Waals surface area (Å²) in [5, 5.41) is 9.89. The van der Waals surface area contributed by atoms with Gasteiger partial charge in [0.05, 0.1) is 6.54 Å². The van der Waals surface area contributed by atoms with Crippen LogP contribution in [0.3, 0.4) is 0 Å². The van der Waals surface area contributed by atoms with Crippen LogP contribution in [0.15, 0.2) is 30.5 Å². The number of carboxylic acid groups (broad SMARTS) is 1. The number of fused-ring (bicyclic) bond motifs is 1. The van der Waals surface area contributed by atoms with Gasteiger partial charge in [0.25, 0.3) is 0 Å². The number of hydrogen-bond acceptors (Lipinski definition) is 3. The number of benzene rings is 1. The Labute approximate surface area is 137 Å². The minimum atomic E-state index is -1.33. The Bertz CT molecular complexity index is 829. The fourth-order valence-electron chi connectivity index (χ4n) is 3.19. The lowest BCUT2D eigenvalue weighted by Gasteiger charge is -2.21. The number of nitrogens with zero attached hydrogens (tertiary/aromatic N) is 2. The predicted octanol–water partition coefficient (Wildman–Crippen LogP) is 1.87. The van der Waals surface area contributed by atoms with Crippen molar-refractivity contribution >= 4 is 28.6 Å². The largest absolute Gasteiger partial charge is 0.480 e. The van der Waals surface area contributed by atoms with Crippen molar-refractivity contribution in [3.8, 4) is 0 Å². The van der Waals surface area contributed by atoms with E-state index in [1.165, 1.54) is 6.92 Å². The van der Waals surface area contributed by atoms with Gasteiger partial charge in [0, 0.05) is 29.1 Å². The van der Waals surface area contributed by atoms with E-state index in [1.807, 2.05) is 0 Å². The summed E-state index contributed by atoms with van der Waals surface area (Å²) in [7, 11) is 0. The van der Waals surface area contributed by atoms with Crippen LogP contribution in [-0.2, 0) is 16.1 Å². The standard InChI is InChI=1S/C17H17FN2O4/c1-10(21)13-8-19(14-5-3-2-4-12(13)14)9-16(22)20-7-11(18)6-15(20)17(23)24/h2-5,8,11,15H,6-7,9H2,1H3,(H,23,24). The average molecular weight is 332 g/mol. The number of carboxylic acids is 1. The normalized spacial score (nSPS) is 20.5. The number of carbonyl (C=O) groups is 3. The summed E-state index contributed by atoms with van der Waals surface area (Å²) < 4.78 is 15.1. The number of Topliss-reactive ketones (excluding diaryl/α,β-unsaturated/α-hetero) is 1. The molecule has 1 amide bonds. The number of aliphatic carboxylic acids is 1. The van der Waals surface area contributed by atoms with E-state index in [-0.39, 0.29) is 25.3 Å². The SMILES string of the molecule is CC(=O)c1cn(CC(=O)N2CC(F)CC2C(=O)O)c2ccccc12. The molecule has 1 fully saturated rings. The van der Waals surface area contributed by atoms with E-state index in [0.717, 1.165) is 10.3 Å². The maximum absolute atomic E-state index is 13.5. The third kappa shape index (κ3) is 2.77. The van der Waals surface area contributed by atoms with Crippen LogP contribution in [0.25, 0.3) is 10.9 Å². The van der Waals surface area contributed by atoms with Gasteiger partial charge in [0.2, 0.25) is 5.91 Å². The van der Waals surface area contributed by atoms with Crippen molar-refractivity contribution in [2.45, 2.75) is 32.1 Å². The molecule has 2 unspecified atom stereocenters. The highest BCUT2D eigenvalue weighted by atomic mass is 19.1. The van der Waals surface area contributed by atoms with Crippen molar-refractivity contribution in [3.63, 3.8) is 0 Å². The Balaban J connectivity index is 1.91. The van der Waals surface area contributed by atoms with E-state index in [1.54, 1.807) is 35.0 Å². The number of para-hydroxylation sites is 1. The molecule has 2 heterocycles. The number of amides is 1. The zero-order valence-corrected chi connectivity index (χ0v) is 13.1. The van der Waals surface area contributed by atoms with Crippen molar-refractivity contribution in [1.29, 1.82) is 0 Å². The molecule has 24 heavy (non-hydrogen) atoms. The fraction of sp³-hybridized carbons (Fsp3) is 0.353. The molecule has 1 aliphatic rings. The zero-order valence-electron chi connectivity index (χ0n) is 13.1. The van der Waals surface area contributed by atoms with Crippen LogP contribution < -0.4 is 0 Å². The van der Waals surface area contributed by atoms with Crippen LogP contribution in [0.5, 0.6) is 0 Å². The van der Waals surface area contributed by atoms with Crippen LogP contribution in [0.2, 0.25) is 0 Å². The van der Waals surface area contributed by atoms with Crippen molar-refractivity contribution in [1.82, 2.24) is 9.47 Å². The summed E-state index contributed by atoms with van der Waals surface area (Å²) in [6.07, 6.45) is 0.0693. The lowest BCUT2D eigenvalue weighted by molar-refractivity contribution is -0.148. The topological polar surface area (TPSA) is 79.6 Å². The maximum atomic E-state index is 13.5. The first-order valence-electron chi connectivity index (χ1n) is 7.63. The number of aromatic nitrogens is 1. The molecule has 126 valence electrons. The van der Waals surface area contributed by atoms with Crippen molar-refractivity contribution in [3.05, 3.63) is 36.0 Å². The van der Waals surface area contributed by atoms with Gasteiger partial charge in [-0.25, -0.2) is 9.18 Å². The van der Waals surface area contributed by atoms with E-state index in [4.69, 9.17) is 5.11 Å². The van der Waals surface area contributed by atoms with Crippen molar-refractivity contribution in [2.24, 2.45) is 0 Å². The third-order valence-corrected chi connectivity index (χ3v) is 4.33. The molecule has 0 bridgehead atoms. The highest BCUT2D eigenvalue weighted by Crippen LogP contribution is 2.24. The predicted molar refractivity (Wildman–Crippen MR) is 84.6 cm³/mol. The molecular weight excluding hydrogens is 315 g/mol. The number of alkyl halides is 1. The molecule has 2 aromatic rings. The molecule has 1 aliphatic heterocycles. The number of rotatable bonds is 4. The van der Waals surface area contributed by atoms with E-state index in [0.29, 0.717) is 11.1 Å². The number of halogens is 1. The van der Waals surface area contributed by atoms with Crippen LogP contribution in [0.1, 0.15) is 23.7 Å². The molecule has 0 aliphatic carbocycles.